The molecule has 0 saturated heterocycles. The molecule has 0 aromatic heterocycles. The van der Waals surface area contributed by atoms with Crippen LogP contribution in [0.3, 0.4) is 0 Å². The van der Waals surface area contributed by atoms with Crippen molar-refractivity contribution in [3.8, 4) is 0 Å². The molecule has 1 aromatic rings. The first-order valence-corrected chi connectivity index (χ1v) is 11.3. The third-order valence-corrected chi connectivity index (χ3v) is 5.40. The van der Waals surface area contributed by atoms with Gasteiger partial charge >= 0.3 is 0 Å². The van der Waals surface area contributed by atoms with E-state index in [1.165, 1.54) is 0 Å². The Kier molecular flexibility index (Phi) is 7.80. The van der Waals surface area contributed by atoms with Crippen LogP contribution < -0.4 is 4.72 Å². The molecule has 0 aliphatic carbocycles. The molecule has 0 heterocycles. The Morgan fingerprint density at radius 2 is 1.72 bits per heavy atom. The normalized spacial score (nSPS) is 14.7. The molecule has 0 bridgehead atoms. The van der Waals surface area contributed by atoms with E-state index >= 15 is 0 Å². The Hall–Kier alpha value is -1.22. The first kappa shape index (κ1) is 21.8. The zero-order valence-electron chi connectivity index (χ0n) is 15.3. The summed E-state index contributed by atoms with van der Waals surface area (Å²) in [6.07, 6.45) is 3.27. The van der Waals surface area contributed by atoms with E-state index in [0.29, 0.717) is 12.0 Å². The summed E-state index contributed by atoms with van der Waals surface area (Å²) in [5.41, 5.74) is 1.62. The van der Waals surface area contributed by atoms with Crippen LogP contribution in [0.1, 0.15) is 32.8 Å². The van der Waals surface area contributed by atoms with Gasteiger partial charge in [0.15, 0.2) is 0 Å². The summed E-state index contributed by atoms with van der Waals surface area (Å²) in [6.45, 7) is 7.48. The Bertz CT molecular complexity index is 794. The van der Waals surface area contributed by atoms with Crippen LogP contribution in [0.5, 0.6) is 0 Å². The highest BCUT2D eigenvalue weighted by atomic mass is 32.2. The number of rotatable bonds is 9. The molecular weight excluding hydrogens is 362 g/mol. The minimum Gasteiger partial charge on any atom is -0.266 e. The zero-order valence-corrected chi connectivity index (χ0v) is 16.9. The zero-order chi connectivity index (χ0) is 19.3. The molecule has 6 nitrogen and oxygen atoms in total. The fraction of sp³-hybridized carbons (Fsp3) is 0.529. The molecule has 1 atom stereocenters. The summed E-state index contributed by atoms with van der Waals surface area (Å²) in [5.74, 6) is 0.255. The van der Waals surface area contributed by atoms with Crippen molar-refractivity contribution >= 4 is 20.1 Å². The standard InChI is InChI=1S/C17H27NO5S2/c1-13(2)10-16(11-15(4)12-23-24(5,19)20)18-25(21,22)17-8-6-14(3)7-9-17/h6-9,11,13,16,18H,10,12H2,1-5H3/b15-11+/t16-/m0/s1. The predicted octanol–water partition coefficient (Wildman–Crippen LogP) is 2.61. The van der Waals surface area contributed by atoms with Gasteiger partial charge in [-0.15, -0.1) is 0 Å². The molecule has 0 spiro atoms. The van der Waals surface area contributed by atoms with Crippen LogP contribution in [0, 0.1) is 12.8 Å². The lowest BCUT2D eigenvalue weighted by Gasteiger charge is -2.18. The summed E-state index contributed by atoms with van der Waals surface area (Å²) in [6, 6.07) is 6.16. The van der Waals surface area contributed by atoms with Crippen molar-refractivity contribution in [2.75, 3.05) is 12.9 Å². The highest BCUT2D eigenvalue weighted by Gasteiger charge is 2.20. The van der Waals surface area contributed by atoms with Gasteiger partial charge in [-0.25, -0.2) is 13.1 Å². The molecule has 0 saturated carbocycles. The van der Waals surface area contributed by atoms with E-state index in [4.69, 9.17) is 4.18 Å². The van der Waals surface area contributed by atoms with Crippen LogP contribution in [-0.2, 0) is 24.3 Å². The van der Waals surface area contributed by atoms with Crippen molar-refractivity contribution in [2.45, 2.75) is 45.1 Å². The second-order valence-electron chi connectivity index (χ2n) is 6.65. The van der Waals surface area contributed by atoms with Crippen LogP contribution in [-0.4, -0.2) is 35.7 Å². The number of aryl methyl sites for hydroxylation is 1. The van der Waals surface area contributed by atoms with Crippen LogP contribution in [0.4, 0.5) is 0 Å². The molecular formula is C17H27NO5S2. The van der Waals surface area contributed by atoms with E-state index in [-0.39, 0.29) is 17.4 Å². The average molecular weight is 390 g/mol. The maximum absolute atomic E-state index is 12.6. The minimum absolute atomic E-state index is 0.0975. The maximum Gasteiger partial charge on any atom is 0.264 e. The summed E-state index contributed by atoms with van der Waals surface area (Å²) in [5, 5.41) is 0. The second kappa shape index (κ2) is 8.93. The molecule has 1 rings (SSSR count). The molecule has 0 unspecified atom stereocenters. The average Bonchev–Trinajstić information content (AvgIpc) is 2.43. The van der Waals surface area contributed by atoms with Gasteiger partial charge in [-0.05, 0) is 43.9 Å². The van der Waals surface area contributed by atoms with E-state index in [0.717, 1.165) is 11.8 Å². The highest BCUT2D eigenvalue weighted by Crippen LogP contribution is 2.15. The number of benzene rings is 1. The molecule has 1 N–H and O–H groups in total. The largest absolute Gasteiger partial charge is 0.266 e. The fourth-order valence-corrected chi connectivity index (χ4v) is 3.83. The molecule has 0 amide bonds. The van der Waals surface area contributed by atoms with E-state index in [2.05, 4.69) is 4.72 Å². The van der Waals surface area contributed by atoms with Crippen molar-refractivity contribution in [3.05, 3.63) is 41.5 Å². The van der Waals surface area contributed by atoms with Crippen LogP contribution in [0.25, 0.3) is 0 Å². The maximum atomic E-state index is 12.6. The number of nitrogens with one attached hydrogen (secondary N) is 1. The van der Waals surface area contributed by atoms with E-state index in [9.17, 15) is 16.8 Å². The van der Waals surface area contributed by atoms with Crippen LogP contribution in [0.2, 0.25) is 0 Å². The van der Waals surface area contributed by atoms with Gasteiger partial charge in [0.1, 0.15) is 0 Å². The Balaban J connectivity index is 2.96. The minimum atomic E-state index is -3.66. The summed E-state index contributed by atoms with van der Waals surface area (Å²) >= 11 is 0. The van der Waals surface area contributed by atoms with Crippen LogP contribution >= 0.6 is 0 Å². The van der Waals surface area contributed by atoms with E-state index in [1.54, 1.807) is 37.3 Å². The lowest BCUT2D eigenvalue weighted by molar-refractivity contribution is 0.351. The van der Waals surface area contributed by atoms with E-state index < -0.39 is 26.2 Å². The molecule has 0 aliphatic heterocycles. The van der Waals surface area contributed by atoms with Gasteiger partial charge in [0.05, 0.1) is 17.8 Å². The Morgan fingerprint density at radius 1 is 1.16 bits per heavy atom. The van der Waals surface area contributed by atoms with Gasteiger partial charge in [-0.1, -0.05) is 37.6 Å². The third-order valence-electron chi connectivity index (χ3n) is 3.35. The third kappa shape index (κ3) is 8.62. The summed E-state index contributed by atoms with van der Waals surface area (Å²) in [4.78, 5) is 0.199. The van der Waals surface area contributed by atoms with Crippen molar-refractivity contribution < 1.29 is 21.0 Å². The molecule has 1 aromatic carbocycles. The Labute approximate surface area is 151 Å². The first-order valence-electron chi connectivity index (χ1n) is 8.00. The second-order valence-corrected chi connectivity index (χ2v) is 10.0. The topological polar surface area (TPSA) is 89.5 Å². The van der Waals surface area contributed by atoms with Crippen molar-refractivity contribution in [1.29, 1.82) is 0 Å². The van der Waals surface area contributed by atoms with Crippen molar-refractivity contribution in [1.82, 2.24) is 4.72 Å². The molecule has 25 heavy (non-hydrogen) atoms. The quantitative estimate of drug-likeness (QED) is 0.518. The first-order chi connectivity index (χ1) is 11.4. The molecule has 0 aliphatic rings. The summed E-state index contributed by atoms with van der Waals surface area (Å²) in [7, 11) is -7.20. The van der Waals surface area contributed by atoms with Crippen molar-refractivity contribution in [2.24, 2.45) is 5.92 Å². The smallest absolute Gasteiger partial charge is 0.264 e. The predicted molar refractivity (Wildman–Crippen MR) is 99.3 cm³/mol. The van der Waals surface area contributed by atoms with Crippen molar-refractivity contribution in [3.63, 3.8) is 0 Å². The van der Waals surface area contributed by atoms with Gasteiger partial charge in [-0.2, -0.15) is 8.42 Å². The number of hydrogen-bond donors (Lipinski definition) is 1. The monoisotopic (exact) mass is 389 g/mol. The molecule has 8 heteroatoms. The lowest BCUT2D eigenvalue weighted by atomic mass is 10.0. The van der Waals surface area contributed by atoms with Gasteiger partial charge < -0.3 is 0 Å². The fourth-order valence-electron chi connectivity index (χ4n) is 2.23. The van der Waals surface area contributed by atoms with Gasteiger partial charge in [0.25, 0.3) is 10.1 Å². The van der Waals surface area contributed by atoms with E-state index in [1.807, 2.05) is 20.8 Å². The number of sulfonamides is 1. The molecule has 142 valence electrons. The van der Waals surface area contributed by atoms with Gasteiger partial charge in [-0.3, -0.25) is 4.18 Å². The highest BCUT2D eigenvalue weighted by molar-refractivity contribution is 7.89. The summed E-state index contributed by atoms with van der Waals surface area (Å²) < 4.78 is 54.7. The van der Waals surface area contributed by atoms with Gasteiger partial charge in [0.2, 0.25) is 10.0 Å². The van der Waals surface area contributed by atoms with Crippen LogP contribution in [0.15, 0.2) is 40.8 Å². The number of hydrogen-bond acceptors (Lipinski definition) is 5. The molecule has 0 radical (unpaired) electrons. The SMILES string of the molecule is C/C(=C\[C@H](CC(C)C)NS(=O)(=O)c1ccc(C)cc1)COS(C)(=O)=O. The lowest BCUT2D eigenvalue weighted by Crippen LogP contribution is -2.34. The van der Waals surface area contributed by atoms with Gasteiger partial charge in [0, 0.05) is 6.04 Å². The Morgan fingerprint density at radius 3 is 2.20 bits per heavy atom. The molecule has 0 fully saturated rings.